The average molecular weight is 326 g/mol. The van der Waals surface area contributed by atoms with Crippen LogP contribution >= 0.6 is 23.2 Å². The molecule has 1 aliphatic carbocycles. The first-order valence-electron chi connectivity index (χ1n) is 7.17. The van der Waals surface area contributed by atoms with Crippen LogP contribution in [0.4, 0.5) is 5.69 Å². The van der Waals surface area contributed by atoms with E-state index < -0.39 is 0 Å². The number of rotatable bonds is 3. The van der Waals surface area contributed by atoms with Crippen molar-refractivity contribution in [2.45, 2.75) is 38.5 Å². The maximum Gasteiger partial charge on any atom is 0.260 e. The number of nitrogens with two attached hydrogens (primary N) is 1. The molecule has 6 heteroatoms. The van der Waals surface area contributed by atoms with Crippen LogP contribution in [0.2, 0.25) is 10.0 Å². The minimum Gasteiger partial charge on any atom is -0.397 e. The number of aromatic nitrogens is 2. The lowest BCUT2D eigenvalue weighted by Crippen LogP contribution is -1.97. The van der Waals surface area contributed by atoms with E-state index in [0.717, 1.165) is 24.6 Å². The van der Waals surface area contributed by atoms with Gasteiger partial charge in [-0.25, -0.2) is 0 Å². The summed E-state index contributed by atoms with van der Waals surface area (Å²) in [6.45, 7) is 2.23. The van der Waals surface area contributed by atoms with Crippen molar-refractivity contribution >= 4 is 28.9 Å². The molecule has 112 valence electrons. The normalized spacial score (nSPS) is 21.9. The van der Waals surface area contributed by atoms with Crippen LogP contribution in [0, 0.1) is 5.92 Å². The molecule has 2 atom stereocenters. The predicted octanol–water partition coefficient (Wildman–Crippen LogP) is 4.92. The SMILES string of the molecule is CCC1CCC(c2noc(-c3cc(Cl)cc(Cl)c3N)n2)C1. The van der Waals surface area contributed by atoms with Gasteiger partial charge in [0.25, 0.3) is 5.89 Å². The molecule has 0 spiro atoms. The van der Waals surface area contributed by atoms with Crippen molar-refractivity contribution in [3.8, 4) is 11.5 Å². The summed E-state index contributed by atoms with van der Waals surface area (Å²) in [6.07, 6.45) is 4.68. The van der Waals surface area contributed by atoms with E-state index in [1.54, 1.807) is 12.1 Å². The van der Waals surface area contributed by atoms with Crippen LogP contribution in [0.3, 0.4) is 0 Å². The third kappa shape index (κ3) is 2.87. The zero-order chi connectivity index (χ0) is 15.0. The third-order valence-corrected chi connectivity index (χ3v) is 4.78. The topological polar surface area (TPSA) is 64.9 Å². The summed E-state index contributed by atoms with van der Waals surface area (Å²) in [5.41, 5.74) is 6.98. The number of hydrogen-bond acceptors (Lipinski definition) is 4. The van der Waals surface area contributed by atoms with Crippen LogP contribution in [-0.4, -0.2) is 10.1 Å². The van der Waals surface area contributed by atoms with Crippen molar-refractivity contribution in [1.29, 1.82) is 0 Å². The van der Waals surface area contributed by atoms with Gasteiger partial charge in [-0.05, 0) is 37.3 Å². The van der Waals surface area contributed by atoms with E-state index in [4.69, 9.17) is 33.5 Å². The van der Waals surface area contributed by atoms with Crippen LogP contribution in [-0.2, 0) is 0 Å². The molecule has 1 heterocycles. The Labute approximate surface area is 133 Å². The van der Waals surface area contributed by atoms with Gasteiger partial charge in [0.2, 0.25) is 0 Å². The second-order valence-electron chi connectivity index (χ2n) is 5.59. The first-order chi connectivity index (χ1) is 10.1. The highest BCUT2D eigenvalue weighted by atomic mass is 35.5. The third-order valence-electron chi connectivity index (χ3n) is 4.25. The Bertz CT molecular complexity index is 656. The summed E-state index contributed by atoms with van der Waals surface area (Å²) >= 11 is 12.1. The summed E-state index contributed by atoms with van der Waals surface area (Å²) in [5.74, 6) is 2.29. The maximum atomic E-state index is 6.04. The highest BCUT2D eigenvalue weighted by Crippen LogP contribution is 2.40. The Kier molecular flexibility index (Phi) is 4.09. The number of hydrogen-bond donors (Lipinski definition) is 1. The van der Waals surface area contributed by atoms with Gasteiger partial charge in [0.1, 0.15) is 0 Å². The standard InChI is InChI=1S/C15H17Cl2N3O/c1-2-8-3-4-9(5-8)14-19-15(21-20-14)11-6-10(16)7-12(17)13(11)18/h6-9H,2-5,18H2,1H3. The summed E-state index contributed by atoms with van der Waals surface area (Å²) in [6, 6.07) is 3.30. The van der Waals surface area contributed by atoms with Gasteiger partial charge in [-0.15, -0.1) is 0 Å². The van der Waals surface area contributed by atoms with E-state index in [9.17, 15) is 0 Å². The first kappa shape index (κ1) is 14.7. The molecule has 0 aliphatic heterocycles. The summed E-state index contributed by atoms with van der Waals surface area (Å²) in [7, 11) is 0. The number of nitrogens with zero attached hydrogens (tertiary/aromatic N) is 2. The van der Waals surface area contributed by atoms with E-state index >= 15 is 0 Å². The Balaban J connectivity index is 1.89. The second kappa shape index (κ2) is 5.85. The van der Waals surface area contributed by atoms with Crippen LogP contribution in [0.25, 0.3) is 11.5 Å². The number of nitrogen functional groups attached to an aromatic ring is 1. The van der Waals surface area contributed by atoms with Crippen LogP contribution in [0.5, 0.6) is 0 Å². The fourth-order valence-electron chi connectivity index (χ4n) is 2.95. The Morgan fingerprint density at radius 3 is 2.86 bits per heavy atom. The molecular weight excluding hydrogens is 309 g/mol. The summed E-state index contributed by atoms with van der Waals surface area (Å²) in [5, 5.41) is 5.00. The lowest BCUT2D eigenvalue weighted by Gasteiger charge is -2.05. The highest BCUT2D eigenvalue weighted by Gasteiger charge is 2.28. The van der Waals surface area contributed by atoms with E-state index in [2.05, 4.69) is 17.1 Å². The molecule has 4 nitrogen and oxygen atoms in total. The van der Waals surface area contributed by atoms with Crippen LogP contribution in [0.1, 0.15) is 44.3 Å². The van der Waals surface area contributed by atoms with Crippen molar-refractivity contribution in [2.24, 2.45) is 5.92 Å². The smallest absolute Gasteiger partial charge is 0.260 e. The van der Waals surface area contributed by atoms with Gasteiger partial charge in [0, 0.05) is 10.9 Å². The van der Waals surface area contributed by atoms with Gasteiger partial charge >= 0.3 is 0 Å². The lowest BCUT2D eigenvalue weighted by atomic mass is 10.0. The molecule has 2 N–H and O–H groups in total. The van der Waals surface area contributed by atoms with Crippen molar-refractivity contribution in [1.82, 2.24) is 10.1 Å². The predicted molar refractivity (Wildman–Crippen MR) is 84.5 cm³/mol. The largest absolute Gasteiger partial charge is 0.397 e. The van der Waals surface area contributed by atoms with Gasteiger partial charge in [0.15, 0.2) is 5.82 Å². The Hall–Kier alpha value is -1.26. The van der Waals surface area contributed by atoms with Gasteiger partial charge in [0.05, 0.1) is 16.3 Å². The zero-order valence-electron chi connectivity index (χ0n) is 11.8. The minimum atomic E-state index is 0.378. The molecule has 0 saturated heterocycles. The molecule has 1 saturated carbocycles. The Morgan fingerprint density at radius 2 is 2.14 bits per heavy atom. The maximum absolute atomic E-state index is 6.04. The molecule has 3 rings (SSSR count). The molecule has 0 bridgehead atoms. The molecular formula is C15H17Cl2N3O. The highest BCUT2D eigenvalue weighted by molar-refractivity contribution is 6.37. The van der Waals surface area contributed by atoms with Gasteiger partial charge in [-0.3, -0.25) is 0 Å². The van der Waals surface area contributed by atoms with Crippen molar-refractivity contribution < 1.29 is 4.52 Å². The van der Waals surface area contributed by atoms with Crippen molar-refractivity contribution in [3.05, 3.63) is 28.0 Å². The summed E-state index contributed by atoms with van der Waals surface area (Å²) < 4.78 is 5.36. The van der Waals surface area contributed by atoms with Gasteiger partial charge < -0.3 is 10.3 Å². The fourth-order valence-corrected chi connectivity index (χ4v) is 3.45. The fraction of sp³-hybridized carbons (Fsp3) is 0.467. The Morgan fingerprint density at radius 1 is 1.33 bits per heavy atom. The van der Waals surface area contributed by atoms with Crippen molar-refractivity contribution in [2.75, 3.05) is 5.73 Å². The van der Waals surface area contributed by atoms with E-state index in [1.807, 2.05) is 0 Å². The van der Waals surface area contributed by atoms with Crippen LogP contribution < -0.4 is 5.73 Å². The second-order valence-corrected chi connectivity index (χ2v) is 6.43. The van der Waals surface area contributed by atoms with E-state index in [-0.39, 0.29) is 0 Å². The number of benzene rings is 1. The van der Waals surface area contributed by atoms with E-state index in [0.29, 0.717) is 33.1 Å². The van der Waals surface area contributed by atoms with Gasteiger partial charge in [-0.1, -0.05) is 41.7 Å². The van der Waals surface area contributed by atoms with Crippen LogP contribution in [0.15, 0.2) is 16.7 Å². The zero-order valence-corrected chi connectivity index (χ0v) is 13.3. The number of anilines is 1. The number of halogens is 2. The average Bonchev–Trinajstić information content (AvgIpc) is 3.10. The molecule has 1 aliphatic rings. The molecule has 1 aromatic carbocycles. The molecule has 0 amide bonds. The minimum absolute atomic E-state index is 0.378. The molecule has 0 radical (unpaired) electrons. The molecule has 2 unspecified atom stereocenters. The summed E-state index contributed by atoms with van der Waals surface area (Å²) in [4.78, 5) is 4.50. The first-order valence-corrected chi connectivity index (χ1v) is 7.92. The molecule has 2 aromatic rings. The quantitative estimate of drug-likeness (QED) is 0.813. The molecule has 1 fully saturated rings. The van der Waals surface area contributed by atoms with Gasteiger partial charge in [-0.2, -0.15) is 4.98 Å². The van der Waals surface area contributed by atoms with E-state index in [1.165, 1.54) is 12.8 Å². The molecule has 21 heavy (non-hydrogen) atoms. The molecule has 1 aromatic heterocycles. The lowest BCUT2D eigenvalue weighted by molar-refractivity contribution is 0.414. The monoisotopic (exact) mass is 325 g/mol. The van der Waals surface area contributed by atoms with Crippen molar-refractivity contribution in [3.63, 3.8) is 0 Å².